The number of aliphatic imine (C=N–C) groups is 1. The van der Waals surface area contributed by atoms with Crippen molar-refractivity contribution >= 4 is 5.96 Å². The predicted molar refractivity (Wildman–Crippen MR) is 94.9 cm³/mol. The molecule has 23 heavy (non-hydrogen) atoms. The van der Waals surface area contributed by atoms with Gasteiger partial charge >= 0.3 is 0 Å². The molecule has 4 heteroatoms. The summed E-state index contributed by atoms with van der Waals surface area (Å²) in [6, 6.07) is 4.51. The van der Waals surface area contributed by atoms with Gasteiger partial charge in [-0.25, -0.2) is 0 Å². The second kappa shape index (κ2) is 6.52. The average Bonchev–Trinajstić information content (AvgIpc) is 3.13. The van der Waals surface area contributed by atoms with E-state index in [-0.39, 0.29) is 0 Å². The van der Waals surface area contributed by atoms with Crippen molar-refractivity contribution in [2.24, 2.45) is 10.4 Å². The summed E-state index contributed by atoms with van der Waals surface area (Å²) in [4.78, 5) is 6.90. The molecule has 0 bridgehead atoms. The maximum Gasteiger partial charge on any atom is 0.193 e. The molecule has 0 radical (unpaired) electrons. The molecule has 0 aromatic heterocycles. The lowest BCUT2D eigenvalue weighted by molar-refractivity contribution is 0.156. The zero-order valence-corrected chi connectivity index (χ0v) is 14.9. The van der Waals surface area contributed by atoms with Gasteiger partial charge in [0.1, 0.15) is 0 Å². The quantitative estimate of drug-likeness (QED) is 0.673. The summed E-state index contributed by atoms with van der Waals surface area (Å²) in [7, 11) is 1.88. The number of guanidine groups is 1. The third kappa shape index (κ3) is 3.37. The van der Waals surface area contributed by atoms with Crippen LogP contribution in [0.5, 0.6) is 0 Å². The number of hydrogen-bond donors (Lipinski definition) is 1. The average molecular weight is 315 g/mol. The van der Waals surface area contributed by atoms with Gasteiger partial charge in [-0.1, -0.05) is 17.7 Å². The number of rotatable bonds is 2. The fraction of sp³-hybridized carbons (Fsp3) is 0.632. The topological polar surface area (TPSA) is 36.9 Å². The predicted octanol–water partition coefficient (Wildman–Crippen LogP) is 2.80. The molecule has 126 valence electrons. The van der Waals surface area contributed by atoms with E-state index in [1.165, 1.54) is 35.1 Å². The monoisotopic (exact) mass is 315 g/mol. The molecule has 3 rings (SSSR count). The van der Waals surface area contributed by atoms with E-state index in [0.29, 0.717) is 5.41 Å². The van der Waals surface area contributed by atoms with Crippen LogP contribution in [0.3, 0.4) is 0 Å². The SMILES string of the molecule is CN=C(NCc1c(C)cc(C)cc1C)N1CCC2(CCOC2)C1. The second-order valence-corrected chi connectivity index (χ2v) is 7.25. The van der Waals surface area contributed by atoms with E-state index in [0.717, 1.165) is 38.8 Å². The van der Waals surface area contributed by atoms with Crippen LogP contribution in [0.2, 0.25) is 0 Å². The number of nitrogens with zero attached hydrogens (tertiary/aromatic N) is 2. The van der Waals surface area contributed by atoms with E-state index >= 15 is 0 Å². The molecule has 2 fully saturated rings. The summed E-state index contributed by atoms with van der Waals surface area (Å²) in [6.07, 6.45) is 2.41. The number of benzene rings is 1. The molecule has 1 aromatic carbocycles. The van der Waals surface area contributed by atoms with Crippen LogP contribution >= 0.6 is 0 Å². The summed E-state index contributed by atoms with van der Waals surface area (Å²) in [5.41, 5.74) is 5.79. The normalized spacial score (nSPS) is 24.7. The van der Waals surface area contributed by atoms with Crippen molar-refractivity contribution in [1.82, 2.24) is 10.2 Å². The van der Waals surface area contributed by atoms with Crippen molar-refractivity contribution in [3.05, 3.63) is 34.4 Å². The van der Waals surface area contributed by atoms with Crippen molar-refractivity contribution < 1.29 is 4.74 Å². The molecule has 1 N–H and O–H groups in total. The van der Waals surface area contributed by atoms with Crippen molar-refractivity contribution in [3.8, 4) is 0 Å². The van der Waals surface area contributed by atoms with E-state index < -0.39 is 0 Å². The van der Waals surface area contributed by atoms with E-state index in [9.17, 15) is 0 Å². The zero-order chi connectivity index (χ0) is 16.4. The minimum atomic E-state index is 0.368. The minimum absolute atomic E-state index is 0.368. The first kappa shape index (κ1) is 16.3. The highest BCUT2D eigenvalue weighted by Gasteiger charge is 2.42. The molecule has 2 aliphatic heterocycles. The first-order chi connectivity index (χ1) is 11.0. The second-order valence-electron chi connectivity index (χ2n) is 7.25. The molecule has 1 aromatic rings. The van der Waals surface area contributed by atoms with Crippen LogP contribution in [-0.4, -0.2) is 44.2 Å². The molecular formula is C19H29N3O. The third-order valence-corrected chi connectivity index (χ3v) is 5.40. The molecule has 2 aliphatic rings. The summed E-state index contributed by atoms with van der Waals surface area (Å²) < 4.78 is 5.63. The number of aryl methyl sites for hydroxylation is 3. The largest absolute Gasteiger partial charge is 0.381 e. The van der Waals surface area contributed by atoms with E-state index in [1.807, 2.05) is 7.05 Å². The summed E-state index contributed by atoms with van der Waals surface area (Å²) >= 11 is 0. The van der Waals surface area contributed by atoms with Gasteiger partial charge in [0.25, 0.3) is 0 Å². The fourth-order valence-corrected chi connectivity index (χ4v) is 4.08. The molecule has 0 saturated carbocycles. The smallest absolute Gasteiger partial charge is 0.193 e. The Bertz CT molecular complexity index is 580. The van der Waals surface area contributed by atoms with Gasteiger partial charge in [-0.2, -0.15) is 0 Å². The highest BCUT2D eigenvalue weighted by atomic mass is 16.5. The summed E-state index contributed by atoms with van der Waals surface area (Å²) in [6.45, 7) is 11.4. The molecular weight excluding hydrogens is 286 g/mol. The highest BCUT2D eigenvalue weighted by Crippen LogP contribution is 2.38. The van der Waals surface area contributed by atoms with Crippen LogP contribution in [0.15, 0.2) is 17.1 Å². The standard InChI is InChI=1S/C19H29N3O/c1-14-9-15(2)17(16(3)10-14)11-21-18(20-4)22-7-5-19(12-22)6-8-23-13-19/h9-10H,5-8,11-13H2,1-4H3,(H,20,21). The minimum Gasteiger partial charge on any atom is -0.381 e. The Morgan fingerprint density at radius 1 is 1.26 bits per heavy atom. The van der Waals surface area contributed by atoms with Crippen LogP contribution in [-0.2, 0) is 11.3 Å². The molecule has 2 saturated heterocycles. The number of ether oxygens (including phenoxy) is 1. The summed E-state index contributed by atoms with van der Waals surface area (Å²) in [5, 5.41) is 3.57. The Morgan fingerprint density at radius 2 is 2.00 bits per heavy atom. The first-order valence-electron chi connectivity index (χ1n) is 8.63. The maximum atomic E-state index is 5.63. The maximum absolute atomic E-state index is 5.63. The van der Waals surface area contributed by atoms with E-state index in [1.54, 1.807) is 0 Å². The Balaban J connectivity index is 1.65. The molecule has 0 amide bonds. The molecule has 1 atom stereocenters. The molecule has 4 nitrogen and oxygen atoms in total. The van der Waals surface area contributed by atoms with Gasteiger partial charge in [0.2, 0.25) is 0 Å². The third-order valence-electron chi connectivity index (χ3n) is 5.40. The zero-order valence-electron chi connectivity index (χ0n) is 14.9. The first-order valence-corrected chi connectivity index (χ1v) is 8.63. The highest BCUT2D eigenvalue weighted by molar-refractivity contribution is 5.80. The van der Waals surface area contributed by atoms with Crippen LogP contribution in [0.4, 0.5) is 0 Å². The fourth-order valence-electron chi connectivity index (χ4n) is 4.08. The number of likely N-dealkylation sites (tertiary alicyclic amines) is 1. The lowest BCUT2D eigenvalue weighted by Crippen LogP contribution is -2.41. The Hall–Kier alpha value is -1.55. The van der Waals surface area contributed by atoms with Gasteiger partial charge in [-0.3, -0.25) is 4.99 Å². The summed E-state index contributed by atoms with van der Waals surface area (Å²) in [5.74, 6) is 1.02. The van der Waals surface area contributed by atoms with Gasteiger partial charge in [-0.05, 0) is 50.3 Å². The van der Waals surface area contributed by atoms with Gasteiger partial charge < -0.3 is 15.0 Å². The van der Waals surface area contributed by atoms with Crippen LogP contribution in [0, 0.1) is 26.2 Å². The lowest BCUT2D eigenvalue weighted by Gasteiger charge is -2.25. The van der Waals surface area contributed by atoms with Crippen LogP contribution in [0.25, 0.3) is 0 Å². The van der Waals surface area contributed by atoms with E-state index in [4.69, 9.17) is 4.74 Å². The Kier molecular flexibility index (Phi) is 4.62. The number of nitrogens with one attached hydrogen (secondary N) is 1. The Morgan fingerprint density at radius 3 is 2.61 bits per heavy atom. The van der Waals surface area contributed by atoms with Crippen molar-refractivity contribution in [1.29, 1.82) is 0 Å². The molecule has 1 unspecified atom stereocenters. The van der Waals surface area contributed by atoms with Gasteiger partial charge in [-0.15, -0.1) is 0 Å². The number of hydrogen-bond acceptors (Lipinski definition) is 2. The lowest BCUT2D eigenvalue weighted by atomic mass is 9.87. The van der Waals surface area contributed by atoms with Crippen molar-refractivity contribution in [2.45, 2.75) is 40.2 Å². The van der Waals surface area contributed by atoms with Gasteiger partial charge in [0.15, 0.2) is 5.96 Å². The van der Waals surface area contributed by atoms with E-state index in [2.05, 4.69) is 48.1 Å². The van der Waals surface area contributed by atoms with Crippen molar-refractivity contribution in [2.75, 3.05) is 33.4 Å². The molecule has 2 heterocycles. The van der Waals surface area contributed by atoms with Crippen molar-refractivity contribution in [3.63, 3.8) is 0 Å². The molecule has 0 aliphatic carbocycles. The molecule has 1 spiro atoms. The Labute approximate surface area is 139 Å². The van der Waals surface area contributed by atoms with Gasteiger partial charge in [0.05, 0.1) is 6.61 Å². The van der Waals surface area contributed by atoms with Crippen LogP contribution in [0.1, 0.15) is 35.1 Å². The van der Waals surface area contributed by atoms with Gasteiger partial charge in [0, 0.05) is 38.7 Å². The van der Waals surface area contributed by atoms with Crippen LogP contribution < -0.4 is 5.32 Å².